The van der Waals surface area contributed by atoms with Crippen molar-refractivity contribution in [2.24, 2.45) is 0 Å². The van der Waals surface area contributed by atoms with Crippen LogP contribution in [0.3, 0.4) is 0 Å². The number of benzene rings is 2. The minimum Gasteiger partial charge on any atom is -0.461 e. The first-order valence-electron chi connectivity index (χ1n) is 8.54. The first-order chi connectivity index (χ1) is 13.2. The molecule has 4 rings (SSSR count). The molecule has 27 heavy (non-hydrogen) atoms. The van der Waals surface area contributed by atoms with E-state index < -0.39 is 5.97 Å². The molecule has 0 amide bonds. The molecule has 0 saturated heterocycles. The van der Waals surface area contributed by atoms with Gasteiger partial charge in [-0.05, 0) is 24.6 Å². The van der Waals surface area contributed by atoms with Crippen molar-refractivity contribution in [2.45, 2.75) is 6.92 Å². The molecule has 5 nitrogen and oxygen atoms in total. The Morgan fingerprint density at radius 3 is 2.52 bits per heavy atom. The molecule has 0 atom stereocenters. The predicted octanol–water partition coefficient (Wildman–Crippen LogP) is 4.89. The summed E-state index contributed by atoms with van der Waals surface area (Å²) in [5.41, 5.74) is 4.07. The molecule has 0 spiro atoms. The molecule has 2 heterocycles. The third kappa shape index (κ3) is 3.29. The number of fused-ring (bicyclic) bond motifs is 1. The average Bonchev–Trinajstić information content (AvgIpc) is 3.12. The van der Waals surface area contributed by atoms with Crippen LogP contribution in [0.15, 0.2) is 66.9 Å². The molecule has 0 bridgehead atoms. The molecule has 2 aromatic carbocycles. The Labute approximate surface area is 161 Å². The maximum absolute atomic E-state index is 12.7. The largest absolute Gasteiger partial charge is 0.461 e. The van der Waals surface area contributed by atoms with Gasteiger partial charge in [-0.25, -0.2) is 14.3 Å². The summed E-state index contributed by atoms with van der Waals surface area (Å²) in [5.74, 6) is -0.436. The molecule has 0 saturated carbocycles. The highest BCUT2D eigenvalue weighted by Gasteiger charge is 2.21. The molecule has 0 radical (unpaired) electrons. The summed E-state index contributed by atoms with van der Waals surface area (Å²) < 4.78 is 6.83. The van der Waals surface area contributed by atoms with Gasteiger partial charge >= 0.3 is 5.97 Å². The zero-order chi connectivity index (χ0) is 18.8. The normalized spacial score (nSPS) is 10.9. The van der Waals surface area contributed by atoms with Crippen LogP contribution in [-0.4, -0.2) is 27.2 Å². The third-order valence-corrected chi connectivity index (χ3v) is 4.43. The molecule has 0 fully saturated rings. The van der Waals surface area contributed by atoms with E-state index in [1.165, 1.54) is 0 Å². The molecule has 0 aliphatic carbocycles. The number of hydrogen-bond acceptors (Lipinski definition) is 4. The van der Waals surface area contributed by atoms with Gasteiger partial charge in [0.15, 0.2) is 11.3 Å². The van der Waals surface area contributed by atoms with E-state index in [0.29, 0.717) is 27.6 Å². The van der Waals surface area contributed by atoms with Crippen LogP contribution >= 0.6 is 11.6 Å². The van der Waals surface area contributed by atoms with Crippen molar-refractivity contribution < 1.29 is 9.53 Å². The molecule has 0 N–H and O–H groups in total. The number of nitrogens with zero attached hydrogens (tertiary/aromatic N) is 3. The fourth-order valence-corrected chi connectivity index (χ4v) is 3.05. The van der Waals surface area contributed by atoms with E-state index in [-0.39, 0.29) is 6.61 Å². The molecule has 4 aromatic rings. The lowest BCUT2D eigenvalue weighted by molar-refractivity contribution is 0.0517. The lowest BCUT2D eigenvalue weighted by Gasteiger charge is -2.10. The highest BCUT2D eigenvalue weighted by atomic mass is 35.5. The van der Waals surface area contributed by atoms with E-state index in [1.54, 1.807) is 29.8 Å². The quantitative estimate of drug-likeness (QED) is 0.475. The van der Waals surface area contributed by atoms with Crippen LogP contribution in [-0.2, 0) is 4.74 Å². The second kappa shape index (κ2) is 7.21. The molecule has 134 valence electrons. The topological polar surface area (TPSA) is 56.5 Å². The van der Waals surface area contributed by atoms with Gasteiger partial charge in [0.05, 0.1) is 12.3 Å². The summed E-state index contributed by atoms with van der Waals surface area (Å²) in [7, 11) is 0. The first kappa shape index (κ1) is 17.2. The minimum absolute atomic E-state index is 0.280. The maximum atomic E-state index is 12.7. The molecule has 0 aliphatic rings. The molecular formula is C21H16ClN3O2. The van der Waals surface area contributed by atoms with Gasteiger partial charge in [0.1, 0.15) is 0 Å². The van der Waals surface area contributed by atoms with Crippen molar-refractivity contribution in [1.82, 2.24) is 14.6 Å². The highest BCUT2D eigenvalue weighted by Crippen LogP contribution is 2.27. The van der Waals surface area contributed by atoms with Gasteiger partial charge in [-0.1, -0.05) is 54.1 Å². The SMILES string of the molecule is CCOC(=O)c1c(-c2ccccc2)cnc2cc(-c3ccc(Cl)cc3)nn12. The van der Waals surface area contributed by atoms with Gasteiger partial charge in [-0.3, -0.25) is 0 Å². The molecule has 0 unspecified atom stereocenters. The van der Waals surface area contributed by atoms with E-state index >= 15 is 0 Å². The Morgan fingerprint density at radius 2 is 1.81 bits per heavy atom. The van der Waals surface area contributed by atoms with Gasteiger partial charge in [0, 0.05) is 28.4 Å². The second-order valence-corrected chi connectivity index (χ2v) is 6.35. The summed E-state index contributed by atoms with van der Waals surface area (Å²) in [6, 6.07) is 18.8. The van der Waals surface area contributed by atoms with Gasteiger partial charge in [-0.2, -0.15) is 5.10 Å². The van der Waals surface area contributed by atoms with Crippen molar-refractivity contribution in [1.29, 1.82) is 0 Å². The lowest BCUT2D eigenvalue weighted by Crippen LogP contribution is -2.13. The van der Waals surface area contributed by atoms with Crippen LogP contribution < -0.4 is 0 Å². The van der Waals surface area contributed by atoms with Crippen LogP contribution in [0, 0.1) is 0 Å². The zero-order valence-electron chi connectivity index (χ0n) is 14.6. The molecule has 6 heteroatoms. The minimum atomic E-state index is -0.436. The second-order valence-electron chi connectivity index (χ2n) is 5.91. The number of ether oxygens (including phenoxy) is 1. The summed E-state index contributed by atoms with van der Waals surface area (Å²) in [6.45, 7) is 2.06. The Kier molecular flexibility index (Phi) is 4.60. The van der Waals surface area contributed by atoms with Crippen molar-refractivity contribution in [2.75, 3.05) is 6.61 Å². The van der Waals surface area contributed by atoms with Crippen molar-refractivity contribution in [3.63, 3.8) is 0 Å². The smallest absolute Gasteiger partial charge is 0.357 e. The molecule has 0 aliphatic heterocycles. The Hall–Kier alpha value is -3.18. The van der Waals surface area contributed by atoms with Crippen LogP contribution in [0.2, 0.25) is 5.02 Å². The Bertz CT molecular complexity index is 1110. The third-order valence-electron chi connectivity index (χ3n) is 4.18. The van der Waals surface area contributed by atoms with Crippen LogP contribution in [0.4, 0.5) is 0 Å². The van der Waals surface area contributed by atoms with Crippen molar-refractivity contribution >= 4 is 23.2 Å². The average molecular weight is 378 g/mol. The van der Waals surface area contributed by atoms with E-state index in [9.17, 15) is 4.79 Å². The van der Waals surface area contributed by atoms with E-state index in [1.807, 2.05) is 48.5 Å². The predicted molar refractivity (Wildman–Crippen MR) is 105 cm³/mol. The molecular weight excluding hydrogens is 362 g/mol. The van der Waals surface area contributed by atoms with E-state index in [0.717, 1.165) is 11.1 Å². The fraction of sp³-hybridized carbons (Fsp3) is 0.0952. The van der Waals surface area contributed by atoms with Crippen LogP contribution in [0.1, 0.15) is 17.4 Å². The van der Waals surface area contributed by atoms with Crippen LogP contribution in [0.5, 0.6) is 0 Å². The van der Waals surface area contributed by atoms with E-state index in [4.69, 9.17) is 16.3 Å². The maximum Gasteiger partial charge on any atom is 0.357 e. The lowest BCUT2D eigenvalue weighted by atomic mass is 10.1. The Balaban J connectivity index is 1.93. The fourth-order valence-electron chi connectivity index (χ4n) is 2.92. The van der Waals surface area contributed by atoms with Crippen LogP contribution in [0.25, 0.3) is 28.0 Å². The summed E-state index contributed by atoms with van der Waals surface area (Å²) in [4.78, 5) is 17.2. The summed E-state index contributed by atoms with van der Waals surface area (Å²) in [6.07, 6.45) is 1.68. The van der Waals surface area contributed by atoms with Gasteiger partial charge in [-0.15, -0.1) is 0 Å². The number of hydrogen-bond donors (Lipinski definition) is 0. The number of esters is 1. The van der Waals surface area contributed by atoms with Gasteiger partial charge < -0.3 is 4.74 Å². The number of carbonyl (C=O) groups excluding carboxylic acids is 1. The number of rotatable bonds is 4. The van der Waals surface area contributed by atoms with E-state index in [2.05, 4.69) is 10.1 Å². The standard InChI is InChI=1S/C21H16ClN3O2/c1-2-27-21(26)20-17(14-6-4-3-5-7-14)13-23-19-12-18(24-25(19)20)15-8-10-16(22)11-9-15/h3-13H,2H2,1H3. The Morgan fingerprint density at radius 1 is 1.07 bits per heavy atom. The first-order valence-corrected chi connectivity index (χ1v) is 8.92. The number of aromatic nitrogens is 3. The van der Waals surface area contributed by atoms with Gasteiger partial charge in [0.25, 0.3) is 0 Å². The van der Waals surface area contributed by atoms with Crippen molar-refractivity contribution in [3.05, 3.63) is 77.6 Å². The van der Waals surface area contributed by atoms with Gasteiger partial charge in [0.2, 0.25) is 0 Å². The summed E-state index contributed by atoms with van der Waals surface area (Å²) in [5, 5.41) is 5.26. The zero-order valence-corrected chi connectivity index (χ0v) is 15.3. The number of carbonyl (C=O) groups is 1. The highest BCUT2D eigenvalue weighted by molar-refractivity contribution is 6.30. The molecule has 2 aromatic heterocycles. The summed E-state index contributed by atoms with van der Waals surface area (Å²) >= 11 is 5.97. The number of halogens is 1. The van der Waals surface area contributed by atoms with Crippen molar-refractivity contribution in [3.8, 4) is 22.4 Å². The monoisotopic (exact) mass is 377 g/mol.